The fraction of sp³-hybridized carbons (Fsp3) is 0.415. The molecule has 4 fully saturated rings. The molecule has 12 nitrogen and oxygen atoms in total. The average molecular weight is 747 g/mol. The molecule has 0 aromatic heterocycles. The van der Waals surface area contributed by atoms with Crippen molar-refractivity contribution >= 4 is 52.5 Å². The van der Waals surface area contributed by atoms with Crippen molar-refractivity contribution < 1.29 is 28.7 Å². The van der Waals surface area contributed by atoms with Gasteiger partial charge in [0, 0.05) is 61.9 Å². The average Bonchev–Trinajstić information content (AvgIpc) is 3.91. The van der Waals surface area contributed by atoms with E-state index in [1.165, 1.54) is 0 Å². The van der Waals surface area contributed by atoms with E-state index in [0.29, 0.717) is 52.3 Å². The molecule has 3 aromatic carbocycles. The highest BCUT2D eigenvalue weighted by molar-refractivity contribution is 6.33. The van der Waals surface area contributed by atoms with Gasteiger partial charge in [0.2, 0.25) is 17.5 Å². The standard InChI is InChI=1S/C41H39ClN6O6/c1-43-33-7-6-29(20-32(33)42)54-41-14-12-40(23-41,13-15-41)45-36(50)24-2-4-27(5-3-24)46-16-10-28(11-17-46)47-21-25-18-30-31(19-26(25)22-47)39(53)48(38(30)52)34-8-9-35(49)44-37(34)51/h2-7,18-20,28,34H,8-17,21-23H2,(H,45,50)(H,44,49,51). The van der Waals surface area contributed by atoms with Crippen molar-refractivity contribution in [2.45, 2.75) is 94.1 Å². The SMILES string of the molecule is [C-]#[N+]c1ccc(OC23CCC(NC(=O)c4ccc(N5CCC(N6Cc7cc8c(cc7C6)C(=O)N(C6CCC(=O)NC6=O)C8=O)CC5)cc4)(CC2)C3)cc1Cl. The van der Waals surface area contributed by atoms with Gasteiger partial charge in [-0.1, -0.05) is 17.7 Å². The molecule has 2 N–H and O–H groups in total. The third-order valence-electron chi connectivity index (χ3n) is 12.5. The van der Waals surface area contributed by atoms with E-state index in [1.54, 1.807) is 18.2 Å². The van der Waals surface area contributed by atoms with Gasteiger partial charge in [0.15, 0.2) is 0 Å². The number of benzene rings is 3. The Balaban J connectivity index is 0.778. The van der Waals surface area contributed by atoms with Crippen LogP contribution in [0.15, 0.2) is 54.6 Å². The van der Waals surface area contributed by atoms with Crippen molar-refractivity contribution in [3.63, 3.8) is 0 Å². The quantitative estimate of drug-likeness (QED) is 0.238. The molecule has 6 aliphatic rings. The van der Waals surface area contributed by atoms with Crippen LogP contribution >= 0.6 is 11.6 Å². The first-order valence-electron chi connectivity index (χ1n) is 18.7. The minimum absolute atomic E-state index is 0.0749. The predicted molar refractivity (Wildman–Crippen MR) is 198 cm³/mol. The van der Waals surface area contributed by atoms with E-state index in [-0.39, 0.29) is 29.9 Å². The van der Waals surface area contributed by atoms with Crippen LogP contribution in [-0.2, 0) is 22.7 Å². The fourth-order valence-electron chi connectivity index (χ4n) is 9.63. The van der Waals surface area contributed by atoms with Crippen molar-refractivity contribution in [2.24, 2.45) is 0 Å². The van der Waals surface area contributed by atoms with Gasteiger partial charge in [0.25, 0.3) is 17.7 Å². The molecule has 4 aliphatic heterocycles. The summed E-state index contributed by atoms with van der Waals surface area (Å²) in [6, 6.07) is 16.1. The number of ether oxygens (including phenoxy) is 1. The number of nitrogens with one attached hydrogen (secondary N) is 2. The highest BCUT2D eigenvalue weighted by atomic mass is 35.5. The predicted octanol–water partition coefficient (Wildman–Crippen LogP) is 5.54. The summed E-state index contributed by atoms with van der Waals surface area (Å²) in [5.74, 6) is -1.36. The van der Waals surface area contributed by atoms with Crippen LogP contribution in [0.5, 0.6) is 5.75 Å². The lowest BCUT2D eigenvalue weighted by molar-refractivity contribution is -0.136. The van der Waals surface area contributed by atoms with Gasteiger partial charge >= 0.3 is 0 Å². The monoisotopic (exact) mass is 746 g/mol. The van der Waals surface area contributed by atoms with Crippen LogP contribution in [0.25, 0.3) is 4.85 Å². The number of rotatable bonds is 7. The second kappa shape index (κ2) is 13.0. The van der Waals surface area contributed by atoms with Crippen LogP contribution in [-0.4, -0.2) is 75.6 Å². The first-order chi connectivity index (χ1) is 26.0. The Labute approximate surface area is 317 Å². The van der Waals surface area contributed by atoms with Crippen molar-refractivity contribution in [2.75, 3.05) is 18.0 Å². The molecule has 4 heterocycles. The summed E-state index contributed by atoms with van der Waals surface area (Å²) in [5, 5.41) is 5.98. The molecule has 2 saturated heterocycles. The molecular weight excluding hydrogens is 708 g/mol. The van der Waals surface area contributed by atoms with Crippen LogP contribution in [0, 0.1) is 6.57 Å². The van der Waals surface area contributed by atoms with E-state index >= 15 is 0 Å². The number of halogens is 1. The minimum Gasteiger partial charge on any atom is -0.487 e. The normalized spacial score (nSPS) is 26.5. The number of carbonyl (C=O) groups is 5. The van der Waals surface area contributed by atoms with Gasteiger partial charge in [-0.15, -0.1) is 0 Å². The van der Waals surface area contributed by atoms with Gasteiger partial charge in [0.05, 0.1) is 22.7 Å². The molecule has 1 unspecified atom stereocenters. The number of carbonyl (C=O) groups excluding carboxylic acids is 5. The molecule has 2 bridgehead atoms. The summed E-state index contributed by atoms with van der Waals surface area (Å²) in [4.78, 5) is 73.4. The third kappa shape index (κ3) is 5.90. The smallest absolute Gasteiger partial charge is 0.262 e. The maximum atomic E-state index is 13.5. The number of amides is 5. The Hall–Kier alpha value is -5.25. The van der Waals surface area contributed by atoms with Gasteiger partial charge in [0.1, 0.15) is 17.4 Å². The first-order valence-corrected chi connectivity index (χ1v) is 19.1. The Morgan fingerprint density at radius 3 is 2.17 bits per heavy atom. The van der Waals surface area contributed by atoms with E-state index < -0.39 is 29.7 Å². The largest absolute Gasteiger partial charge is 0.487 e. The highest BCUT2D eigenvalue weighted by Gasteiger charge is 2.57. The Morgan fingerprint density at radius 2 is 1.56 bits per heavy atom. The van der Waals surface area contributed by atoms with E-state index in [4.69, 9.17) is 22.9 Å². The molecule has 0 radical (unpaired) electrons. The number of piperidine rings is 2. The summed E-state index contributed by atoms with van der Waals surface area (Å²) in [7, 11) is 0. The number of hydrogen-bond donors (Lipinski definition) is 2. The Morgan fingerprint density at radius 1 is 0.889 bits per heavy atom. The molecule has 0 spiro atoms. The van der Waals surface area contributed by atoms with E-state index in [1.807, 2.05) is 36.4 Å². The molecule has 9 rings (SSSR count). The highest BCUT2D eigenvalue weighted by Crippen LogP contribution is 2.53. The maximum Gasteiger partial charge on any atom is 0.262 e. The zero-order valence-corrected chi connectivity index (χ0v) is 30.4. The molecule has 2 saturated carbocycles. The maximum absolute atomic E-state index is 13.5. The zero-order chi connectivity index (χ0) is 37.4. The van der Waals surface area contributed by atoms with Crippen LogP contribution in [0.4, 0.5) is 11.4 Å². The summed E-state index contributed by atoms with van der Waals surface area (Å²) < 4.78 is 6.45. The van der Waals surface area contributed by atoms with Crippen molar-refractivity contribution in [1.82, 2.24) is 20.4 Å². The summed E-state index contributed by atoms with van der Waals surface area (Å²) in [6.07, 6.45) is 6.29. The van der Waals surface area contributed by atoms with Crippen molar-refractivity contribution in [3.05, 3.63) is 98.9 Å². The van der Waals surface area contributed by atoms with Gasteiger partial charge < -0.3 is 15.0 Å². The minimum atomic E-state index is -0.968. The van der Waals surface area contributed by atoms with Gasteiger partial charge in [-0.3, -0.25) is 39.1 Å². The summed E-state index contributed by atoms with van der Waals surface area (Å²) in [5.41, 5.74) is 4.19. The number of anilines is 1. The van der Waals surface area contributed by atoms with Crippen LogP contribution in [0.1, 0.15) is 100.0 Å². The fourth-order valence-corrected chi connectivity index (χ4v) is 9.84. The molecule has 5 amide bonds. The van der Waals surface area contributed by atoms with Crippen LogP contribution in [0.2, 0.25) is 5.02 Å². The van der Waals surface area contributed by atoms with Crippen LogP contribution in [0.3, 0.4) is 0 Å². The second-order valence-corrected chi connectivity index (χ2v) is 16.1. The molecule has 276 valence electrons. The van der Waals surface area contributed by atoms with Crippen molar-refractivity contribution in [3.8, 4) is 5.75 Å². The molecule has 54 heavy (non-hydrogen) atoms. The van der Waals surface area contributed by atoms with Crippen molar-refractivity contribution in [1.29, 1.82) is 0 Å². The second-order valence-electron chi connectivity index (χ2n) is 15.7. The number of hydrogen-bond acceptors (Lipinski definition) is 8. The Bertz CT molecular complexity index is 2120. The molecule has 2 aliphatic carbocycles. The molecule has 3 aromatic rings. The van der Waals surface area contributed by atoms with E-state index in [0.717, 1.165) is 79.7 Å². The Kier molecular flexibility index (Phi) is 8.28. The number of fused-ring (bicyclic) bond motifs is 4. The lowest BCUT2D eigenvalue weighted by atomic mass is 9.92. The lowest BCUT2D eigenvalue weighted by Crippen LogP contribution is -2.54. The third-order valence-corrected chi connectivity index (χ3v) is 12.8. The van der Waals surface area contributed by atoms with E-state index in [9.17, 15) is 24.0 Å². The van der Waals surface area contributed by atoms with Gasteiger partial charge in [-0.2, -0.15) is 0 Å². The number of imide groups is 2. The summed E-state index contributed by atoms with van der Waals surface area (Å²) in [6.45, 7) is 10.3. The van der Waals surface area contributed by atoms with E-state index in [2.05, 4.69) is 25.3 Å². The lowest BCUT2D eigenvalue weighted by Gasteiger charge is -2.37. The molecular formula is C41H39ClN6O6. The molecule has 1 atom stereocenters. The zero-order valence-electron chi connectivity index (χ0n) is 29.7. The topological polar surface area (TPSA) is 133 Å². The van der Waals surface area contributed by atoms with Gasteiger partial charge in [-0.25, -0.2) is 4.85 Å². The van der Waals surface area contributed by atoms with Crippen LogP contribution < -0.4 is 20.3 Å². The van der Waals surface area contributed by atoms with Gasteiger partial charge in [-0.05, 0) is 105 Å². The summed E-state index contributed by atoms with van der Waals surface area (Å²) >= 11 is 6.25. The molecule has 13 heteroatoms. The number of nitrogens with zero attached hydrogens (tertiary/aromatic N) is 4. The first kappa shape index (κ1) is 34.5.